The maximum absolute atomic E-state index is 12.1. The van der Waals surface area contributed by atoms with Crippen molar-refractivity contribution in [1.82, 2.24) is 9.36 Å². The van der Waals surface area contributed by atoms with E-state index in [2.05, 4.69) is 4.99 Å². The van der Waals surface area contributed by atoms with E-state index in [1.165, 1.54) is 11.8 Å². The van der Waals surface area contributed by atoms with Gasteiger partial charge in [0.1, 0.15) is 0 Å². The average Bonchev–Trinajstić information content (AvgIpc) is 2.92. The summed E-state index contributed by atoms with van der Waals surface area (Å²) < 4.78 is 8.62. The van der Waals surface area contributed by atoms with E-state index in [9.17, 15) is 9.59 Å². The standard InChI is InChI=1S/C16H18ClN3O3S2/c1-2-23-14(21)10-24-13-9-11(5-6-12(13)17)18-15-19-7-3-4-8-20(19)16(22)25-15/h5-6,9H,2-4,7-8,10H2,1H3. The van der Waals surface area contributed by atoms with Gasteiger partial charge in [0.25, 0.3) is 0 Å². The second-order valence-corrected chi connectivity index (χ2v) is 7.77. The van der Waals surface area contributed by atoms with Gasteiger partial charge >= 0.3 is 10.8 Å². The molecular weight excluding hydrogens is 382 g/mol. The number of fused-ring (bicyclic) bond motifs is 1. The zero-order valence-electron chi connectivity index (χ0n) is 13.7. The molecule has 1 aliphatic heterocycles. The number of hydrogen-bond acceptors (Lipinski definition) is 6. The van der Waals surface area contributed by atoms with Crippen LogP contribution in [0.5, 0.6) is 0 Å². The third kappa shape index (κ3) is 4.37. The zero-order valence-corrected chi connectivity index (χ0v) is 16.1. The van der Waals surface area contributed by atoms with Crippen LogP contribution in [0.4, 0.5) is 5.69 Å². The largest absolute Gasteiger partial charge is 0.465 e. The topological polar surface area (TPSA) is 65.6 Å². The quantitative estimate of drug-likeness (QED) is 0.572. The number of halogens is 1. The molecule has 0 atom stereocenters. The van der Waals surface area contributed by atoms with Gasteiger partial charge in [-0.2, -0.15) is 0 Å². The molecular formula is C16H18ClN3O3S2. The fourth-order valence-electron chi connectivity index (χ4n) is 2.54. The molecule has 6 nitrogen and oxygen atoms in total. The first-order valence-corrected chi connectivity index (χ1v) is 10.2. The van der Waals surface area contributed by atoms with Gasteiger partial charge < -0.3 is 4.74 Å². The Bertz CT molecular complexity index is 901. The Morgan fingerprint density at radius 2 is 2.12 bits per heavy atom. The van der Waals surface area contributed by atoms with Crippen LogP contribution >= 0.6 is 34.7 Å². The molecule has 134 valence electrons. The van der Waals surface area contributed by atoms with E-state index >= 15 is 0 Å². The number of benzene rings is 1. The normalized spacial score (nSPS) is 14.4. The zero-order chi connectivity index (χ0) is 17.8. The van der Waals surface area contributed by atoms with E-state index in [0.717, 1.165) is 42.2 Å². The van der Waals surface area contributed by atoms with E-state index in [0.29, 0.717) is 22.1 Å². The van der Waals surface area contributed by atoms with Crippen molar-refractivity contribution in [3.05, 3.63) is 37.7 Å². The molecule has 0 saturated carbocycles. The van der Waals surface area contributed by atoms with Crippen molar-refractivity contribution >= 4 is 46.4 Å². The molecule has 0 spiro atoms. The lowest BCUT2D eigenvalue weighted by molar-refractivity contribution is -0.139. The molecule has 3 rings (SSSR count). The van der Waals surface area contributed by atoms with Crippen LogP contribution in [0.1, 0.15) is 19.8 Å². The minimum Gasteiger partial charge on any atom is -0.465 e. The van der Waals surface area contributed by atoms with Gasteiger partial charge in [0.05, 0.1) is 23.1 Å². The monoisotopic (exact) mass is 399 g/mol. The minimum atomic E-state index is -0.277. The van der Waals surface area contributed by atoms with E-state index in [-0.39, 0.29) is 16.6 Å². The molecule has 0 amide bonds. The Morgan fingerprint density at radius 1 is 1.36 bits per heavy atom. The van der Waals surface area contributed by atoms with E-state index in [1.807, 2.05) is 10.7 Å². The molecule has 0 fully saturated rings. The van der Waals surface area contributed by atoms with Crippen molar-refractivity contribution in [3.63, 3.8) is 0 Å². The van der Waals surface area contributed by atoms with Gasteiger partial charge in [-0.25, -0.2) is 9.67 Å². The van der Waals surface area contributed by atoms with Gasteiger partial charge in [-0.1, -0.05) is 11.6 Å². The first kappa shape index (κ1) is 18.3. The fraction of sp³-hybridized carbons (Fsp3) is 0.438. The molecule has 1 aromatic heterocycles. The van der Waals surface area contributed by atoms with Gasteiger partial charge in [-0.05, 0) is 49.3 Å². The summed E-state index contributed by atoms with van der Waals surface area (Å²) in [5.41, 5.74) is 0.707. The van der Waals surface area contributed by atoms with Crippen LogP contribution in [-0.2, 0) is 22.6 Å². The van der Waals surface area contributed by atoms with Gasteiger partial charge in [0.2, 0.25) is 4.80 Å². The third-order valence-electron chi connectivity index (χ3n) is 3.68. The second-order valence-electron chi connectivity index (χ2n) is 5.42. The number of thioether (sulfide) groups is 1. The van der Waals surface area contributed by atoms with Crippen LogP contribution in [0.15, 0.2) is 32.9 Å². The Balaban J connectivity index is 1.88. The molecule has 0 aliphatic carbocycles. The van der Waals surface area contributed by atoms with Crippen LogP contribution in [0.2, 0.25) is 5.02 Å². The number of esters is 1. The van der Waals surface area contributed by atoms with E-state index in [1.54, 1.807) is 23.7 Å². The summed E-state index contributed by atoms with van der Waals surface area (Å²) in [5.74, 6) is -0.0815. The van der Waals surface area contributed by atoms with Crippen molar-refractivity contribution in [3.8, 4) is 0 Å². The molecule has 1 aliphatic rings. The molecule has 0 unspecified atom stereocenters. The average molecular weight is 400 g/mol. The second kappa shape index (κ2) is 8.25. The molecule has 2 heterocycles. The fourth-order valence-corrected chi connectivity index (χ4v) is 4.48. The van der Waals surface area contributed by atoms with Crippen LogP contribution in [0, 0.1) is 0 Å². The van der Waals surface area contributed by atoms with Crippen LogP contribution in [-0.4, -0.2) is 27.7 Å². The smallest absolute Gasteiger partial charge is 0.325 e. The molecule has 0 saturated heterocycles. The highest BCUT2D eigenvalue weighted by Gasteiger charge is 2.13. The summed E-state index contributed by atoms with van der Waals surface area (Å²) in [4.78, 5) is 29.7. The molecule has 0 bridgehead atoms. The summed E-state index contributed by atoms with van der Waals surface area (Å²) in [7, 11) is 0. The maximum Gasteiger partial charge on any atom is 0.325 e. The van der Waals surface area contributed by atoms with Gasteiger partial charge in [0.15, 0.2) is 0 Å². The number of carbonyl (C=O) groups is 1. The third-order valence-corrected chi connectivity index (χ3v) is 6.02. The Morgan fingerprint density at radius 3 is 2.88 bits per heavy atom. The first-order chi connectivity index (χ1) is 12.1. The Hall–Kier alpha value is -1.51. The van der Waals surface area contributed by atoms with Crippen molar-refractivity contribution in [2.24, 2.45) is 4.99 Å². The number of aromatic nitrogens is 2. The van der Waals surface area contributed by atoms with Crippen LogP contribution in [0.25, 0.3) is 0 Å². The molecule has 9 heteroatoms. The predicted octanol–water partition coefficient (Wildman–Crippen LogP) is 3.05. The summed E-state index contributed by atoms with van der Waals surface area (Å²) in [6.45, 7) is 3.68. The molecule has 1 aromatic carbocycles. The predicted molar refractivity (Wildman–Crippen MR) is 99.8 cm³/mol. The molecule has 2 aromatic rings. The number of hydrogen-bond donors (Lipinski definition) is 0. The number of ether oxygens (including phenoxy) is 1. The maximum atomic E-state index is 12.1. The summed E-state index contributed by atoms with van der Waals surface area (Å²) >= 11 is 8.67. The lowest BCUT2D eigenvalue weighted by atomic mass is 10.3. The number of rotatable bonds is 5. The van der Waals surface area contributed by atoms with Crippen molar-refractivity contribution < 1.29 is 9.53 Å². The SMILES string of the molecule is CCOC(=O)CSc1cc(N=c2sc(=O)n3n2CCCC3)ccc1Cl. The van der Waals surface area contributed by atoms with Crippen molar-refractivity contribution in [1.29, 1.82) is 0 Å². The van der Waals surface area contributed by atoms with Crippen molar-refractivity contribution in [2.45, 2.75) is 37.8 Å². The van der Waals surface area contributed by atoms with E-state index in [4.69, 9.17) is 16.3 Å². The molecule has 0 N–H and O–H groups in total. The van der Waals surface area contributed by atoms with Gasteiger partial charge in [-0.15, -0.1) is 11.8 Å². The van der Waals surface area contributed by atoms with Gasteiger partial charge in [0, 0.05) is 18.0 Å². The highest BCUT2D eigenvalue weighted by atomic mass is 35.5. The van der Waals surface area contributed by atoms with Crippen molar-refractivity contribution in [2.75, 3.05) is 12.4 Å². The van der Waals surface area contributed by atoms with E-state index < -0.39 is 0 Å². The summed E-state index contributed by atoms with van der Waals surface area (Å²) in [5, 5.41) is 0.563. The highest BCUT2D eigenvalue weighted by Crippen LogP contribution is 2.31. The summed E-state index contributed by atoms with van der Waals surface area (Å²) in [6.07, 6.45) is 2.07. The summed E-state index contributed by atoms with van der Waals surface area (Å²) in [6, 6.07) is 5.39. The lowest BCUT2D eigenvalue weighted by Crippen LogP contribution is -2.31. The first-order valence-electron chi connectivity index (χ1n) is 8.02. The van der Waals surface area contributed by atoms with Crippen LogP contribution in [0.3, 0.4) is 0 Å². The highest BCUT2D eigenvalue weighted by molar-refractivity contribution is 8.00. The lowest BCUT2D eigenvalue weighted by Gasteiger charge is -2.15. The van der Waals surface area contributed by atoms with Crippen LogP contribution < -0.4 is 9.67 Å². The molecule has 25 heavy (non-hydrogen) atoms. The number of carbonyl (C=O) groups excluding carboxylic acids is 1. The Labute approximate surface area is 158 Å². The Kier molecular flexibility index (Phi) is 6.03. The molecule has 0 radical (unpaired) electrons. The minimum absolute atomic E-state index is 0.0179. The van der Waals surface area contributed by atoms with Gasteiger partial charge in [-0.3, -0.25) is 14.3 Å². The number of nitrogens with zero attached hydrogens (tertiary/aromatic N) is 3.